The van der Waals surface area contributed by atoms with Gasteiger partial charge in [-0.3, -0.25) is 9.80 Å². The molecule has 2 bridgehead atoms. The van der Waals surface area contributed by atoms with E-state index in [0.29, 0.717) is 66.8 Å². The third-order valence-corrected chi connectivity index (χ3v) is 11.9. The van der Waals surface area contributed by atoms with E-state index in [9.17, 15) is 9.18 Å². The van der Waals surface area contributed by atoms with Crippen molar-refractivity contribution in [3.8, 4) is 28.9 Å². The van der Waals surface area contributed by atoms with Crippen molar-refractivity contribution < 1.29 is 32.9 Å². The molecular formula is C41H49FN6O6. The number of carbonyl (C=O) groups excluding carboxylic acids is 1. The maximum Gasteiger partial charge on any atom is 0.410 e. The molecule has 0 N–H and O–H groups in total. The minimum absolute atomic E-state index is 0.0520. The van der Waals surface area contributed by atoms with Crippen molar-refractivity contribution >= 4 is 33.6 Å². The summed E-state index contributed by atoms with van der Waals surface area (Å²) >= 11 is 0. The van der Waals surface area contributed by atoms with Crippen molar-refractivity contribution in [2.75, 3.05) is 51.7 Å². The van der Waals surface area contributed by atoms with E-state index in [1.54, 1.807) is 7.11 Å². The van der Waals surface area contributed by atoms with E-state index >= 15 is 0 Å². The molecule has 2 aromatic heterocycles. The fraction of sp³-hybridized carbons (Fsp3) is 0.561. The van der Waals surface area contributed by atoms with Crippen molar-refractivity contribution in [1.29, 1.82) is 0 Å². The normalized spacial score (nSPS) is 26.1. The van der Waals surface area contributed by atoms with Crippen molar-refractivity contribution in [2.45, 2.75) is 102 Å². The lowest BCUT2D eigenvalue weighted by atomic mass is 9.95. The van der Waals surface area contributed by atoms with Gasteiger partial charge in [0, 0.05) is 32.2 Å². The molecule has 1 amide bonds. The molecule has 3 unspecified atom stereocenters. The lowest BCUT2D eigenvalue weighted by molar-refractivity contribution is 0.00537. The van der Waals surface area contributed by atoms with Crippen LogP contribution in [0, 0.1) is 0 Å². The monoisotopic (exact) mass is 740 g/mol. The SMILES string of the molecule is CCc1cccc2cc(OCOC)cc(-c3cc4nc(OC[C@@]56CCCN5C[C@H](F)C6)nc5c4c(n3)OCC3C4CCC(CN53)N4C(=O)OC(C)(C)C)c12. The predicted octanol–water partition coefficient (Wildman–Crippen LogP) is 6.69. The molecule has 2 aromatic carbocycles. The smallest absolute Gasteiger partial charge is 0.410 e. The van der Waals surface area contributed by atoms with Crippen LogP contribution in [0.2, 0.25) is 0 Å². The van der Waals surface area contributed by atoms with Gasteiger partial charge in [-0.05, 0) is 94.0 Å². The van der Waals surface area contributed by atoms with Gasteiger partial charge in [0.1, 0.15) is 41.9 Å². The number of hydrogen-bond acceptors (Lipinski definition) is 11. The zero-order chi connectivity index (χ0) is 37.4. The second-order valence-corrected chi connectivity index (χ2v) is 16.5. The Kier molecular flexibility index (Phi) is 8.72. The molecule has 0 saturated carbocycles. The molecule has 12 nitrogen and oxygen atoms in total. The number of carbonyl (C=O) groups is 1. The van der Waals surface area contributed by atoms with Gasteiger partial charge in [0.25, 0.3) is 0 Å². The fourth-order valence-electron chi connectivity index (χ4n) is 9.68. The number of rotatable bonds is 8. The largest absolute Gasteiger partial charge is 0.475 e. The summed E-state index contributed by atoms with van der Waals surface area (Å²) in [6.45, 7) is 10.4. The number of pyridine rings is 1. The average Bonchev–Trinajstić information content (AvgIpc) is 3.75. The third-order valence-electron chi connectivity index (χ3n) is 11.9. The zero-order valence-electron chi connectivity index (χ0n) is 31.8. The lowest BCUT2D eigenvalue weighted by Crippen LogP contribution is -2.63. The number of nitrogens with zero attached hydrogens (tertiary/aromatic N) is 6. The van der Waals surface area contributed by atoms with Crippen LogP contribution in [0.25, 0.3) is 32.9 Å². The highest BCUT2D eigenvalue weighted by Crippen LogP contribution is 2.46. The minimum atomic E-state index is -0.867. The summed E-state index contributed by atoms with van der Waals surface area (Å²) in [6.07, 6.45) is 3.69. The molecule has 5 aliphatic rings. The van der Waals surface area contributed by atoms with Gasteiger partial charge in [-0.15, -0.1) is 0 Å². The Morgan fingerprint density at radius 1 is 1.06 bits per heavy atom. The van der Waals surface area contributed by atoms with Gasteiger partial charge in [-0.25, -0.2) is 14.2 Å². The number of benzene rings is 2. The summed E-state index contributed by atoms with van der Waals surface area (Å²) in [5.74, 6) is 1.77. The summed E-state index contributed by atoms with van der Waals surface area (Å²) in [5.41, 5.74) is 2.41. The molecular weight excluding hydrogens is 691 g/mol. The number of amides is 1. The number of aromatic nitrogens is 3. The Morgan fingerprint density at radius 2 is 1.93 bits per heavy atom. The highest BCUT2D eigenvalue weighted by atomic mass is 19.1. The summed E-state index contributed by atoms with van der Waals surface area (Å²) in [7, 11) is 1.60. The topological polar surface area (TPSA) is 112 Å². The number of piperazine rings is 1. The summed E-state index contributed by atoms with van der Waals surface area (Å²) in [6, 6.07) is 12.1. The van der Waals surface area contributed by atoms with E-state index in [4.69, 9.17) is 38.6 Å². The zero-order valence-corrected chi connectivity index (χ0v) is 31.8. The summed E-state index contributed by atoms with van der Waals surface area (Å²) < 4.78 is 45.1. The van der Waals surface area contributed by atoms with Gasteiger partial charge in [0.15, 0.2) is 6.79 Å². The van der Waals surface area contributed by atoms with Crippen LogP contribution in [0.3, 0.4) is 0 Å². The average molecular weight is 741 g/mol. The number of alkyl halides is 1. The lowest BCUT2D eigenvalue weighted by Gasteiger charge is -2.46. The van der Waals surface area contributed by atoms with Crippen LogP contribution < -0.4 is 19.1 Å². The number of halogens is 1. The highest BCUT2D eigenvalue weighted by Gasteiger charge is 2.52. The van der Waals surface area contributed by atoms with Crippen molar-refractivity contribution in [2.24, 2.45) is 0 Å². The van der Waals surface area contributed by atoms with E-state index in [0.717, 1.165) is 55.0 Å². The molecule has 54 heavy (non-hydrogen) atoms. The Labute approximate surface area is 314 Å². The van der Waals surface area contributed by atoms with Crippen LogP contribution in [-0.2, 0) is 15.9 Å². The van der Waals surface area contributed by atoms with Crippen molar-refractivity contribution in [3.63, 3.8) is 0 Å². The van der Waals surface area contributed by atoms with Crippen LogP contribution in [0.4, 0.5) is 15.0 Å². The standard InChI is InChI=1S/C41H49FN6O6/c1-6-24-9-7-10-25-15-28(53-23-50-5)16-29(34(24)25)30-17-31-35-36(45-38(44-31)52-22-41-13-8-14-46(41)19-26(42)18-41)47-20-27-11-12-32(33(47)21-51-37(35)43-30)48(27)39(49)54-40(2,3)4/h7,9-10,15-17,26-27,32-33H,6,8,11-14,18-23H2,1-5H3/t26-,27?,32?,33?,41+/m1/s1. The van der Waals surface area contributed by atoms with Crippen LogP contribution in [0.1, 0.15) is 65.4 Å². The van der Waals surface area contributed by atoms with Crippen LogP contribution in [-0.4, -0.2) is 113 Å². The third kappa shape index (κ3) is 6.03. The summed E-state index contributed by atoms with van der Waals surface area (Å²) in [5, 5.41) is 2.81. The molecule has 9 rings (SSSR count). The van der Waals surface area contributed by atoms with Gasteiger partial charge in [-0.2, -0.15) is 9.97 Å². The van der Waals surface area contributed by atoms with E-state index in [-0.39, 0.29) is 42.6 Å². The quantitative estimate of drug-likeness (QED) is 0.180. The minimum Gasteiger partial charge on any atom is -0.475 e. The first kappa shape index (κ1) is 35.2. The maximum absolute atomic E-state index is 14.7. The van der Waals surface area contributed by atoms with Crippen LogP contribution in [0.15, 0.2) is 36.4 Å². The van der Waals surface area contributed by atoms with Gasteiger partial charge in [0.05, 0.1) is 34.9 Å². The second-order valence-electron chi connectivity index (χ2n) is 16.5. The van der Waals surface area contributed by atoms with E-state index in [1.165, 1.54) is 5.56 Å². The van der Waals surface area contributed by atoms with Gasteiger partial charge in [-0.1, -0.05) is 25.1 Å². The van der Waals surface area contributed by atoms with E-state index in [2.05, 4.69) is 34.9 Å². The first-order chi connectivity index (χ1) is 26.0. The maximum atomic E-state index is 14.7. The molecule has 4 aromatic rings. The van der Waals surface area contributed by atoms with Crippen molar-refractivity contribution in [3.05, 3.63) is 42.0 Å². The second kappa shape index (κ2) is 13.4. The fourth-order valence-corrected chi connectivity index (χ4v) is 9.68. The van der Waals surface area contributed by atoms with Crippen molar-refractivity contribution in [1.82, 2.24) is 24.8 Å². The van der Waals surface area contributed by atoms with Gasteiger partial charge < -0.3 is 28.6 Å². The Morgan fingerprint density at radius 3 is 2.74 bits per heavy atom. The molecule has 4 fully saturated rings. The van der Waals surface area contributed by atoms with Gasteiger partial charge in [0.2, 0.25) is 5.88 Å². The first-order valence-electron chi connectivity index (χ1n) is 19.4. The molecule has 7 heterocycles. The molecule has 5 atom stereocenters. The Bertz CT molecular complexity index is 2110. The molecule has 5 aliphatic heterocycles. The number of fused-ring (bicyclic) bond motifs is 7. The molecule has 0 radical (unpaired) electrons. The van der Waals surface area contributed by atoms with E-state index < -0.39 is 11.8 Å². The highest BCUT2D eigenvalue weighted by molar-refractivity contribution is 6.03. The van der Waals surface area contributed by atoms with Gasteiger partial charge >= 0.3 is 12.1 Å². The molecule has 0 aliphatic carbocycles. The number of methoxy groups -OCH3 is 1. The molecule has 286 valence electrons. The number of hydrogen-bond donors (Lipinski definition) is 0. The Balaban J connectivity index is 1.17. The predicted molar refractivity (Wildman–Crippen MR) is 202 cm³/mol. The van der Waals surface area contributed by atoms with E-state index in [1.807, 2.05) is 43.9 Å². The first-order valence-corrected chi connectivity index (χ1v) is 19.4. The number of anilines is 1. The Hall–Kier alpha value is -4.49. The molecule has 0 spiro atoms. The van der Waals surface area contributed by atoms with Crippen LogP contribution >= 0.6 is 0 Å². The molecule has 4 saturated heterocycles. The number of aryl methyl sites for hydroxylation is 1. The molecule has 13 heteroatoms. The summed E-state index contributed by atoms with van der Waals surface area (Å²) in [4.78, 5) is 35.4. The van der Waals surface area contributed by atoms with Crippen LogP contribution in [0.5, 0.6) is 17.6 Å². The number of ether oxygens (including phenoxy) is 5.